The molecule has 1 fully saturated rings. The second-order valence-corrected chi connectivity index (χ2v) is 5.63. The van der Waals surface area contributed by atoms with E-state index in [1.807, 2.05) is 0 Å². The van der Waals surface area contributed by atoms with Gasteiger partial charge in [-0.05, 0) is 17.7 Å². The lowest BCUT2D eigenvalue weighted by atomic mass is 10.2. The third-order valence-electron chi connectivity index (χ3n) is 2.92. The van der Waals surface area contributed by atoms with E-state index in [0.29, 0.717) is 6.54 Å². The van der Waals surface area contributed by atoms with Gasteiger partial charge in [-0.1, -0.05) is 12.1 Å². The lowest BCUT2D eigenvalue weighted by molar-refractivity contribution is 0.150. The van der Waals surface area contributed by atoms with Gasteiger partial charge in [0.1, 0.15) is 6.10 Å². The highest BCUT2D eigenvalue weighted by Crippen LogP contribution is 2.21. The minimum Gasteiger partial charge on any atom is -0.443 e. The Morgan fingerprint density at radius 3 is 2.90 bits per heavy atom. The third-order valence-corrected chi connectivity index (χ3v) is 4.06. The number of nitrogens with one attached hydrogen (secondary N) is 2. The van der Waals surface area contributed by atoms with Gasteiger partial charge < -0.3 is 20.1 Å². The molecule has 1 heterocycles. The number of cyclic esters (lactones) is 1. The fourth-order valence-corrected chi connectivity index (χ4v) is 2.72. The molecule has 1 saturated heterocycles. The van der Waals surface area contributed by atoms with Gasteiger partial charge in [-0.2, -0.15) is 0 Å². The quantitative estimate of drug-likeness (QED) is 0.564. The zero-order valence-corrected chi connectivity index (χ0v) is 12.4. The molecule has 1 unspecified atom stereocenters. The summed E-state index contributed by atoms with van der Waals surface area (Å²) in [5.41, 5.74) is 1.25. The average molecular weight is 296 g/mol. The number of alkyl carbamates (subject to hydrolysis) is 1. The van der Waals surface area contributed by atoms with E-state index < -0.39 is 0 Å². The van der Waals surface area contributed by atoms with Crippen LogP contribution in [-0.2, 0) is 16.0 Å². The third kappa shape index (κ3) is 5.03. The van der Waals surface area contributed by atoms with Crippen LogP contribution in [0.1, 0.15) is 5.56 Å². The van der Waals surface area contributed by atoms with Crippen LogP contribution in [0.5, 0.6) is 0 Å². The van der Waals surface area contributed by atoms with E-state index in [4.69, 9.17) is 9.47 Å². The van der Waals surface area contributed by atoms with Crippen LogP contribution in [0, 0.1) is 0 Å². The van der Waals surface area contributed by atoms with E-state index >= 15 is 0 Å². The van der Waals surface area contributed by atoms with Gasteiger partial charge in [0, 0.05) is 30.8 Å². The predicted molar refractivity (Wildman–Crippen MR) is 79.0 cm³/mol. The van der Waals surface area contributed by atoms with Crippen molar-refractivity contribution in [2.75, 3.05) is 32.6 Å². The molecule has 0 spiro atoms. The molecule has 2 N–H and O–H groups in total. The summed E-state index contributed by atoms with van der Waals surface area (Å²) < 4.78 is 10.1. The average Bonchev–Trinajstić information content (AvgIpc) is 2.88. The number of methoxy groups -OCH3 is 1. The van der Waals surface area contributed by atoms with Gasteiger partial charge in [0.25, 0.3) is 0 Å². The van der Waals surface area contributed by atoms with Gasteiger partial charge in [0.05, 0.1) is 13.2 Å². The molecule has 2 rings (SSSR count). The maximum absolute atomic E-state index is 10.9. The van der Waals surface area contributed by atoms with E-state index in [9.17, 15) is 4.79 Å². The van der Waals surface area contributed by atoms with Crippen LogP contribution in [0.3, 0.4) is 0 Å². The molecule has 6 heteroatoms. The van der Waals surface area contributed by atoms with Crippen LogP contribution in [0.25, 0.3) is 0 Å². The lowest BCUT2D eigenvalue weighted by Crippen LogP contribution is -2.18. The summed E-state index contributed by atoms with van der Waals surface area (Å²) in [4.78, 5) is 12.1. The van der Waals surface area contributed by atoms with E-state index in [1.165, 1.54) is 10.5 Å². The molecule has 0 aromatic heterocycles. The number of carbonyl (C=O) groups excluding carboxylic acids is 1. The zero-order chi connectivity index (χ0) is 14.2. The standard InChI is InChI=1S/C14H20N2O3S/c1-18-7-6-15-8-11-2-4-13(5-3-11)20-10-12-9-16-14(17)19-12/h2-5,12,15H,6-10H2,1H3,(H,16,17). The first kappa shape index (κ1) is 15.2. The summed E-state index contributed by atoms with van der Waals surface area (Å²) >= 11 is 1.70. The monoisotopic (exact) mass is 296 g/mol. The van der Waals surface area contributed by atoms with Crippen molar-refractivity contribution in [1.29, 1.82) is 0 Å². The maximum atomic E-state index is 10.9. The number of ether oxygens (including phenoxy) is 2. The van der Waals surface area contributed by atoms with E-state index in [0.717, 1.165) is 25.4 Å². The highest BCUT2D eigenvalue weighted by molar-refractivity contribution is 7.99. The number of benzene rings is 1. The zero-order valence-electron chi connectivity index (χ0n) is 11.6. The number of amides is 1. The van der Waals surface area contributed by atoms with Crippen LogP contribution < -0.4 is 10.6 Å². The Balaban J connectivity index is 1.69. The van der Waals surface area contributed by atoms with Gasteiger partial charge in [0.15, 0.2) is 0 Å². The molecule has 1 atom stereocenters. The summed E-state index contributed by atoms with van der Waals surface area (Å²) in [5.74, 6) is 0.782. The molecular formula is C14H20N2O3S. The molecule has 1 aliphatic heterocycles. The maximum Gasteiger partial charge on any atom is 0.407 e. The fourth-order valence-electron chi connectivity index (χ4n) is 1.82. The minimum absolute atomic E-state index is 0.0251. The Morgan fingerprint density at radius 2 is 2.25 bits per heavy atom. The van der Waals surface area contributed by atoms with E-state index in [1.54, 1.807) is 18.9 Å². The summed E-state index contributed by atoms with van der Waals surface area (Å²) in [6, 6.07) is 8.42. The largest absolute Gasteiger partial charge is 0.443 e. The first-order valence-corrected chi connectivity index (χ1v) is 7.62. The Hall–Kier alpha value is -1.24. The number of carbonyl (C=O) groups is 1. The van der Waals surface area contributed by atoms with Crippen LogP contribution >= 0.6 is 11.8 Å². The number of rotatable bonds is 8. The number of thioether (sulfide) groups is 1. The van der Waals surface area contributed by atoms with Gasteiger partial charge in [-0.3, -0.25) is 0 Å². The first-order chi connectivity index (χ1) is 9.78. The molecule has 20 heavy (non-hydrogen) atoms. The summed E-state index contributed by atoms with van der Waals surface area (Å²) in [6.07, 6.45) is -0.337. The second kappa shape index (κ2) is 8.14. The van der Waals surface area contributed by atoms with Crippen LogP contribution in [0.15, 0.2) is 29.2 Å². The van der Waals surface area contributed by atoms with E-state index in [2.05, 4.69) is 34.9 Å². The number of hydrogen-bond acceptors (Lipinski definition) is 5. The fraction of sp³-hybridized carbons (Fsp3) is 0.500. The minimum atomic E-state index is -0.312. The molecule has 1 aromatic rings. The van der Waals surface area contributed by atoms with Crippen molar-refractivity contribution in [3.05, 3.63) is 29.8 Å². The first-order valence-electron chi connectivity index (χ1n) is 6.64. The van der Waals surface area contributed by atoms with E-state index in [-0.39, 0.29) is 12.2 Å². The van der Waals surface area contributed by atoms with Gasteiger partial charge in [0.2, 0.25) is 0 Å². The van der Waals surface area contributed by atoms with Crippen molar-refractivity contribution in [1.82, 2.24) is 10.6 Å². The normalized spacial score (nSPS) is 17.9. The van der Waals surface area contributed by atoms with Crippen molar-refractivity contribution in [2.45, 2.75) is 17.5 Å². The van der Waals surface area contributed by atoms with Gasteiger partial charge in [-0.15, -0.1) is 11.8 Å². The van der Waals surface area contributed by atoms with Crippen molar-refractivity contribution in [3.8, 4) is 0 Å². The van der Waals surface area contributed by atoms with Gasteiger partial charge in [-0.25, -0.2) is 4.79 Å². The topological polar surface area (TPSA) is 59.6 Å². The summed E-state index contributed by atoms with van der Waals surface area (Å²) in [5, 5.41) is 5.96. The summed E-state index contributed by atoms with van der Waals surface area (Å²) in [7, 11) is 1.70. The molecule has 0 aliphatic carbocycles. The van der Waals surface area contributed by atoms with Crippen LogP contribution in [0.2, 0.25) is 0 Å². The molecule has 0 radical (unpaired) electrons. The van der Waals surface area contributed by atoms with Crippen LogP contribution in [-0.4, -0.2) is 44.8 Å². The van der Waals surface area contributed by atoms with Crippen molar-refractivity contribution >= 4 is 17.9 Å². The molecule has 1 aromatic carbocycles. The molecule has 110 valence electrons. The molecule has 0 saturated carbocycles. The Bertz CT molecular complexity index is 425. The molecule has 0 bridgehead atoms. The highest BCUT2D eigenvalue weighted by Gasteiger charge is 2.22. The predicted octanol–water partition coefficient (Wildman–Crippen LogP) is 1.62. The van der Waals surface area contributed by atoms with Crippen molar-refractivity contribution in [3.63, 3.8) is 0 Å². The second-order valence-electron chi connectivity index (χ2n) is 4.53. The molecule has 1 aliphatic rings. The van der Waals surface area contributed by atoms with Crippen molar-refractivity contribution in [2.24, 2.45) is 0 Å². The smallest absolute Gasteiger partial charge is 0.407 e. The van der Waals surface area contributed by atoms with Crippen molar-refractivity contribution < 1.29 is 14.3 Å². The van der Waals surface area contributed by atoms with Crippen LogP contribution in [0.4, 0.5) is 4.79 Å². The van der Waals surface area contributed by atoms with Gasteiger partial charge >= 0.3 is 6.09 Å². The lowest BCUT2D eigenvalue weighted by Gasteiger charge is -2.08. The SMILES string of the molecule is COCCNCc1ccc(SCC2CNC(=O)O2)cc1. The summed E-state index contributed by atoms with van der Waals surface area (Å²) in [6.45, 7) is 3.03. The highest BCUT2D eigenvalue weighted by atomic mass is 32.2. The molecule has 5 nitrogen and oxygen atoms in total. The molecule has 1 amide bonds. The Morgan fingerprint density at radius 1 is 1.45 bits per heavy atom. The Labute approximate surface area is 123 Å². The Kier molecular flexibility index (Phi) is 6.17. The molecular weight excluding hydrogens is 276 g/mol. The number of hydrogen-bond donors (Lipinski definition) is 2.